The Morgan fingerprint density at radius 1 is 1.17 bits per heavy atom. The second kappa shape index (κ2) is 5.69. The molecule has 0 bridgehead atoms. The first-order valence-corrected chi connectivity index (χ1v) is 6.63. The smallest absolute Gasteiger partial charge is 0.255 e. The molecule has 0 spiro atoms. The summed E-state index contributed by atoms with van der Waals surface area (Å²) in [4.78, 5) is 12.9. The van der Waals surface area contributed by atoms with Crippen LogP contribution in [0.3, 0.4) is 0 Å². The molecule has 1 N–H and O–H groups in total. The van der Waals surface area contributed by atoms with Gasteiger partial charge in [-0.2, -0.15) is 0 Å². The van der Waals surface area contributed by atoms with Gasteiger partial charge >= 0.3 is 0 Å². The van der Waals surface area contributed by atoms with Crippen molar-refractivity contribution < 1.29 is 9.18 Å². The highest BCUT2D eigenvalue weighted by Crippen LogP contribution is 2.25. The molecule has 1 amide bonds. The minimum atomic E-state index is -0.416. The van der Waals surface area contributed by atoms with Crippen molar-refractivity contribution in [1.82, 2.24) is 0 Å². The molecule has 0 saturated carbocycles. The predicted molar refractivity (Wildman–Crippen MR) is 72.6 cm³/mol. The summed E-state index contributed by atoms with van der Waals surface area (Å²) in [5, 5.41) is 2.78. The lowest BCUT2D eigenvalue weighted by Crippen LogP contribution is -2.12. The third-order valence-electron chi connectivity index (χ3n) is 2.44. The minimum absolute atomic E-state index is 0.309. The zero-order chi connectivity index (χ0) is 13.0. The Morgan fingerprint density at radius 3 is 2.67 bits per heavy atom. The van der Waals surface area contributed by atoms with E-state index >= 15 is 0 Å². The molecule has 0 radical (unpaired) electrons. The Balaban J connectivity index is 2.21. The lowest BCUT2D eigenvalue weighted by molar-refractivity contribution is 0.102. The number of hydrogen-bond donors (Lipinski definition) is 1. The number of carbonyl (C=O) groups excluding carboxylic acids is 1. The fraction of sp³-hybridized carbons (Fsp3) is 0.0714. The van der Waals surface area contributed by atoms with Gasteiger partial charge in [-0.3, -0.25) is 4.79 Å². The highest BCUT2D eigenvalue weighted by atomic mass is 32.2. The Bertz CT molecular complexity index is 571. The van der Waals surface area contributed by atoms with Gasteiger partial charge in [-0.1, -0.05) is 18.2 Å². The van der Waals surface area contributed by atoms with Gasteiger partial charge in [0.15, 0.2) is 0 Å². The van der Waals surface area contributed by atoms with Crippen LogP contribution >= 0.6 is 11.8 Å². The minimum Gasteiger partial charge on any atom is -0.321 e. The average molecular weight is 261 g/mol. The molecule has 0 atom stereocenters. The van der Waals surface area contributed by atoms with Gasteiger partial charge in [-0.15, -0.1) is 11.8 Å². The Kier molecular flexibility index (Phi) is 3.99. The fourth-order valence-electron chi connectivity index (χ4n) is 1.57. The van der Waals surface area contributed by atoms with Crippen LogP contribution in [0.5, 0.6) is 0 Å². The van der Waals surface area contributed by atoms with E-state index in [4.69, 9.17) is 0 Å². The summed E-state index contributed by atoms with van der Waals surface area (Å²) >= 11 is 1.55. The van der Waals surface area contributed by atoms with Crippen molar-refractivity contribution in [3.63, 3.8) is 0 Å². The lowest BCUT2D eigenvalue weighted by Gasteiger charge is -2.09. The molecule has 0 fully saturated rings. The van der Waals surface area contributed by atoms with Crippen LogP contribution in [0.1, 0.15) is 10.4 Å². The largest absolute Gasteiger partial charge is 0.321 e. The maximum absolute atomic E-state index is 13.0. The number of thioether (sulfide) groups is 1. The number of hydrogen-bond acceptors (Lipinski definition) is 2. The molecule has 0 aliphatic carbocycles. The SMILES string of the molecule is CSc1ccccc1NC(=O)c1cccc(F)c1. The van der Waals surface area contributed by atoms with E-state index in [1.807, 2.05) is 30.5 Å². The summed E-state index contributed by atoms with van der Waals surface area (Å²) in [5.74, 6) is -0.725. The number of benzene rings is 2. The second-order valence-corrected chi connectivity index (χ2v) is 4.51. The van der Waals surface area contributed by atoms with Crippen LogP contribution < -0.4 is 5.32 Å². The van der Waals surface area contributed by atoms with Gasteiger partial charge in [0.2, 0.25) is 0 Å². The molecule has 2 nitrogen and oxygen atoms in total. The van der Waals surface area contributed by atoms with Crippen molar-refractivity contribution in [2.24, 2.45) is 0 Å². The number of nitrogens with one attached hydrogen (secondary N) is 1. The van der Waals surface area contributed by atoms with Gasteiger partial charge in [0.1, 0.15) is 5.82 Å². The highest BCUT2D eigenvalue weighted by Gasteiger charge is 2.08. The number of carbonyl (C=O) groups is 1. The standard InChI is InChI=1S/C14H12FNOS/c1-18-13-8-3-2-7-12(13)16-14(17)10-5-4-6-11(15)9-10/h2-9H,1H3,(H,16,17). The van der Waals surface area contributed by atoms with E-state index in [-0.39, 0.29) is 5.91 Å². The molecule has 0 heterocycles. The summed E-state index contributed by atoms with van der Waals surface area (Å²) in [6.45, 7) is 0. The number of para-hydroxylation sites is 1. The van der Waals surface area contributed by atoms with Crippen molar-refractivity contribution in [3.8, 4) is 0 Å². The van der Waals surface area contributed by atoms with Crippen LogP contribution in [0.25, 0.3) is 0 Å². The first-order chi connectivity index (χ1) is 8.70. The second-order valence-electron chi connectivity index (χ2n) is 3.66. The van der Waals surface area contributed by atoms with Crippen molar-refractivity contribution >= 4 is 23.4 Å². The first kappa shape index (κ1) is 12.6. The van der Waals surface area contributed by atoms with E-state index in [1.165, 1.54) is 18.2 Å². The lowest BCUT2D eigenvalue weighted by atomic mass is 10.2. The molecule has 18 heavy (non-hydrogen) atoms. The molecule has 0 saturated heterocycles. The topological polar surface area (TPSA) is 29.1 Å². The fourth-order valence-corrected chi connectivity index (χ4v) is 2.13. The van der Waals surface area contributed by atoms with Crippen LogP contribution in [0.2, 0.25) is 0 Å². The quantitative estimate of drug-likeness (QED) is 0.851. The average Bonchev–Trinajstić information content (AvgIpc) is 2.39. The third-order valence-corrected chi connectivity index (χ3v) is 3.24. The highest BCUT2D eigenvalue weighted by molar-refractivity contribution is 7.98. The van der Waals surface area contributed by atoms with E-state index in [9.17, 15) is 9.18 Å². The van der Waals surface area contributed by atoms with E-state index in [0.29, 0.717) is 5.56 Å². The monoisotopic (exact) mass is 261 g/mol. The summed E-state index contributed by atoms with van der Waals surface area (Å²) in [5.41, 5.74) is 1.05. The van der Waals surface area contributed by atoms with Gasteiger partial charge in [-0.05, 0) is 36.6 Å². The van der Waals surface area contributed by atoms with Gasteiger partial charge in [-0.25, -0.2) is 4.39 Å². The van der Waals surface area contributed by atoms with Crippen molar-refractivity contribution in [3.05, 3.63) is 59.9 Å². The molecule has 2 aromatic rings. The van der Waals surface area contributed by atoms with E-state index < -0.39 is 5.82 Å². The Morgan fingerprint density at radius 2 is 1.94 bits per heavy atom. The predicted octanol–water partition coefficient (Wildman–Crippen LogP) is 3.80. The number of amides is 1. The molecular formula is C14H12FNOS. The number of anilines is 1. The van der Waals surface area contributed by atoms with Crippen LogP contribution in [-0.2, 0) is 0 Å². The van der Waals surface area contributed by atoms with Gasteiger partial charge in [0.05, 0.1) is 5.69 Å². The van der Waals surface area contributed by atoms with Gasteiger partial charge in [0.25, 0.3) is 5.91 Å². The summed E-state index contributed by atoms with van der Waals surface area (Å²) in [6, 6.07) is 13.1. The Labute approximate surface area is 109 Å². The van der Waals surface area contributed by atoms with E-state index in [1.54, 1.807) is 17.8 Å². The van der Waals surface area contributed by atoms with Gasteiger partial charge in [0, 0.05) is 10.5 Å². The van der Waals surface area contributed by atoms with Crippen LogP contribution in [0.4, 0.5) is 10.1 Å². The zero-order valence-electron chi connectivity index (χ0n) is 9.81. The summed E-state index contributed by atoms with van der Waals surface area (Å²) in [7, 11) is 0. The molecule has 0 aliphatic heterocycles. The van der Waals surface area contributed by atoms with E-state index in [0.717, 1.165) is 10.6 Å². The molecule has 0 aromatic heterocycles. The maximum Gasteiger partial charge on any atom is 0.255 e. The van der Waals surface area contributed by atoms with Crippen molar-refractivity contribution in [1.29, 1.82) is 0 Å². The molecule has 92 valence electrons. The van der Waals surface area contributed by atoms with Gasteiger partial charge < -0.3 is 5.32 Å². The molecular weight excluding hydrogens is 249 g/mol. The molecule has 2 rings (SSSR count). The normalized spacial score (nSPS) is 10.1. The third kappa shape index (κ3) is 2.90. The first-order valence-electron chi connectivity index (χ1n) is 5.40. The molecule has 4 heteroatoms. The summed E-state index contributed by atoms with van der Waals surface area (Å²) < 4.78 is 13.0. The Hall–Kier alpha value is -1.81. The maximum atomic E-state index is 13.0. The van der Waals surface area contributed by atoms with Crippen molar-refractivity contribution in [2.75, 3.05) is 11.6 Å². The summed E-state index contributed by atoms with van der Waals surface area (Å²) in [6.07, 6.45) is 1.94. The number of rotatable bonds is 3. The van der Waals surface area contributed by atoms with Crippen LogP contribution in [-0.4, -0.2) is 12.2 Å². The van der Waals surface area contributed by atoms with Crippen LogP contribution in [0, 0.1) is 5.82 Å². The van der Waals surface area contributed by atoms with E-state index in [2.05, 4.69) is 5.32 Å². The van der Waals surface area contributed by atoms with Crippen LogP contribution in [0.15, 0.2) is 53.4 Å². The molecule has 2 aromatic carbocycles. The molecule has 0 unspecified atom stereocenters. The number of halogens is 1. The van der Waals surface area contributed by atoms with Crippen molar-refractivity contribution in [2.45, 2.75) is 4.90 Å². The molecule has 0 aliphatic rings. The zero-order valence-corrected chi connectivity index (χ0v) is 10.6.